The SMILES string of the molecule is CN=C(NCCCOc1ccc(F)cc1)NCc1nnc2ccccn12.I. The molecule has 0 spiro atoms. The molecule has 0 unspecified atom stereocenters. The molecule has 0 aliphatic carbocycles. The third-order valence-corrected chi connectivity index (χ3v) is 3.72. The van der Waals surface area contributed by atoms with Crippen LogP contribution in [0.15, 0.2) is 53.7 Å². The molecule has 1 aromatic carbocycles. The van der Waals surface area contributed by atoms with Crippen LogP contribution in [0.25, 0.3) is 5.65 Å². The minimum absolute atomic E-state index is 0. The molecule has 9 heteroatoms. The fourth-order valence-corrected chi connectivity index (χ4v) is 2.39. The Morgan fingerprint density at radius 3 is 2.74 bits per heavy atom. The van der Waals surface area contributed by atoms with E-state index in [4.69, 9.17) is 4.74 Å². The van der Waals surface area contributed by atoms with Gasteiger partial charge in [0.1, 0.15) is 11.6 Å². The van der Waals surface area contributed by atoms with Gasteiger partial charge < -0.3 is 15.4 Å². The van der Waals surface area contributed by atoms with E-state index in [1.807, 2.05) is 28.8 Å². The summed E-state index contributed by atoms with van der Waals surface area (Å²) in [6.45, 7) is 1.74. The van der Waals surface area contributed by atoms with Crippen LogP contribution in [-0.2, 0) is 6.54 Å². The van der Waals surface area contributed by atoms with Gasteiger partial charge in [0.2, 0.25) is 0 Å². The average Bonchev–Trinajstić information content (AvgIpc) is 3.08. The van der Waals surface area contributed by atoms with Gasteiger partial charge in [0.25, 0.3) is 0 Å². The van der Waals surface area contributed by atoms with Crippen LogP contribution in [0.1, 0.15) is 12.2 Å². The lowest BCUT2D eigenvalue weighted by atomic mass is 10.3. The molecule has 0 radical (unpaired) electrons. The molecule has 27 heavy (non-hydrogen) atoms. The molecule has 0 aliphatic rings. The van der Waals surface area contributed by atoms with Crippen molar-refractivity contribution in [2.45, 2.75) is 13.0 Å². The maximum atomic E-state index is 12.8. The number of ether oxygens (including phenoxy) is 1. The van der Waals surface area contributed by atoms with Gasteiger partial charge in [0, 0.05) is 19.8 Å². The van der Waals surface area contributed by atoms with Crippen molar-refractivity contribution in [1.82, 2.24) is 25.2 Å². The number of nitrogens with one attached hydrogen (secondary N) is 2. The van der Waals surface area contributed by atoms with Crippen molar-refractivity contribution in [3.8, 4) is 5.75 Å². The summed E-state index contributed by atoms with van der Waals surface area (Å²) in [5, 5.41) is 14.7. The molecule has 144 valence electrons. The third-order valence-electron chi connectivity index (χ3n) is 3.72. The Kier molecular flexibility index (Phi) is 8.24. The molecule has 2 aromatic heterocycles. The second kappa shape index (κ2) is 10.7. The molecule has 2 N–H and O–H groups in total. The van der Waals surface area contributed by atoms with Gasteiger partial charge in [-0.2, -0.15) is 0 Å². The van der Waals surface area contributed by atoms with Gasteiger partial charge in [-0.3, -0.25) is 9.39 Å². The highest BCUT2D eigenvalue weighted by molar-refractivity contribution is 14.0. The number of aromatic nitrogens is 3. The lowest BCUT2D eigenvalue weighted by Crippen LogP contribution is -2.38. The molecule has 7 nitrogen and oxygen atoms in total. The Labute approximate surface area is 174 Å². The zero-order valence-corrected chi connectivity index (χ0v) is 17.3. The molecular weight excluding hydrogens is 462 g/mol. The monoisotopic (exact) mass is 484 g/mol. The van der Waals surface area contributed by atoms with Crippen LogP contribution < -0.4 is 15.4 Å². The summed E-state index contributed by atoms with van der Waals surface area (Å²) in [5.74, 6) is 1.88. The lowest BCUT2D eigenvalue weighted by molar-refractivity contribution is 0.310. The van der Waals surface area contributed by atoms with Crippen LogP contribution in [0, 0.1) is 5.82 Å². The molecule has 0 amide bonds. The van der Waals surface area contributed by atoms with Gasteiger partial charge in [-0.1, -0.05) is 6.07 Å². The zero-order valence-electron chi connectivity index (χ0n) is 14.9. The number of rotatable bonds is 7. The van der Waals surface area contributed by atoms with Crippen molar-refractivity contribution < 1.29 is 9.13 Å². The van der Waals surface area contributed by atoms with Gasteiger partial charge >= 0.3 is 0 Å². The maximum Gasteiger partial charge on any atom is 0.191 e. The molecule has 0 saturated heterocycles. The van der Waals surface area contributed by atoms with Gasteiger partial charge in [-0.05, 0) is 42.8 Å². The zero-order chi connectivity index (χ0) is 18.2. The van der Waals surface area contributed by atoms with E-state index in [9.17, 15) is 4.39 Å². The van der Waals surface area contributed by atoms with E-state index in [-0.39, 0.29) is 29.8 Å². The smallest absolute Gasteiger partial charge is 0.191 e. The van der Waals surface area contributed by atoms with Crippen LogP contribution in [0.5, 0.6) is 5.75 Å². The van der Waals surface area contributed by atoms with E-state index in [0.717, 1.165) is 17.9 Å². The normalized spacial score (nSPS) is 11.1. The molecule has 2 heterocycles. The largest absolute Gasteiger partial charge is 0.494 e. The summed E-state index contributed by atoms with van der Waals surface area (Å²) in [6, 6.07) is 11.8. The van der Waals surface area contributed by atoms with Crippen LogP contribution in [0.3, 0.4) is 0 Å². The fourth-order valence-electron chi connectivity index (χ4n) is 2.39. The Bertz CT molecular complexity index is 868. The second-order valence-electron chi connectivity index (χ2n) is 5.55. The molecule has 0 fully saturated rings. The fraction of sp³-hybridized carbons (Fsp3) is 0.278. The number of aliphatic imine (C=N–C) groups is 1. The highest BCUT2D eigenvalue weighted by Gasteiger charge is 2.05. The van der Waals surface area contributed by atoms with Crippen LogP contribution in [0.2, 0.25) is 0 Å². The molecule has 0 atom stereocenters. The summed E-state index contributed by atoms with van der Waals surface area (Å²) in [5.41, 5.74) is 0.810. The summed E-state index contributed by atoms with van der Waals surface area (Å²) < 4.78 is 20.3. The lowest BCUT2D eigenvalue weighted by Gasteiger charge is -2.11. The first-order valence-corrected chi connectivity index (χ1v) is 8.38. The highest BCUT2D eigenvalue weighted by Crippen LogP contribution is 2.10. The molecule has 0 aliphatic heterocycles. The van der Waals surface area contributed by atoms with E-state index in [0.29, 0.717) is 31.4 Å². The molecule has 0 saturated carbocycles. The summed E-state index contributed by atoms with van der Waals surface area (Å²) >= 11 is 0. The van der Waals surface area contributed by atoms with Crippen molar-refractivity contribution in [1.29, 1.82) is 0 Å². The number of benzene rings is 1. The summed E-state index contributed by atoms with van der Waals surface area (Å²) in [7, 11) is 1.71. The van der Waals surface area contributed by atoms with Gasteiger partial charge in [0.15, 0.2) is 17.4 Å². The first kappa shape index (κ1) is 20.9. The first-order valence-electron chi connectivity index (χ1n) is 8.38. The van der Waals surface area contributed by atoms with Crippen LogP contribution in [-0.4, -0.2) is 40.8 Å². The van der Waals surface area contributed by atoms with Crippen molar-refractivity contribution in [3.63, 3.8) is 0 Å². The topological polar surface area (TPSA) is 75.8 Å². The Morgan fingerprint density at radius 2 is 1.96 bits per heavy atom. The third kappa shape index (κ3) is 6.05. The van der Waals surface area contributed by atoms with Crippen molar-refractivity contribution in [2.75, 3.05) is 20.2 Å². The average molecular weight is 484 g/mol. The van der Waals surface area contributed by atoms with Gasteiger partial charge in [-0.15, -0.1) is 34.2 Å². The summed E-state index contributed by atoms with van der Waals surface area (Å²) in [4.78, 5) is 4.19. The maximum absolute atomic E-state index is 12.8. The number of hydrogen-bond acceptors (Lipinski definition) is 4. The van der Waals surface area contributed by atoms with Crippen molar-refractivity contribution >= 4 is 35.6 Å². The Balaban J connectivity index is 0.00000261. The van der Waals surface area contributed by atoms with E-state index < -0.39 is 0 Å². The van der Waals surface area contributed by atoms with Crippen molar-refractivity contribution in [2.24, 2.45) is 4.99 Å². The number of fused-ring (bicyclic) bond motifs is 1. The first-order chi connectivity index (χ1) is 12.8. The quantitative estimate of drug-likeness (QED) is 0.234. The number of hydrogen-bond donors (Lipinski definition) is 2. The minimum Gasteiger partial charge on any atom is -0.494 e. The van der Waals surface area contributed by atoms with Crippen molar-refractivity contribution in [3.05, 3.63) is 60.3 Å². The van der Waals surface area contributed by atoms with E-state index in [1.54, 1.807) is 19.2 Å². The Morgan fingerprint density at radius 1 is 1.15 bits per heavy atom. The molecule has 3 aromatic rings. The predicted octanol–water partition coefficient (Wildman–Crippen LogP) is 2.62. The predicted molar refractivity (Wildman–Crippen MR) is 113 cm³/mol. The van der Waals surface area contributed by atoms with Crippen LogP contribution in [0.4, 0.5) is 4.39 Å². The molecule has 0 bridgehead atoms. The van der Waals surface area contributed by atoms with E-state index >= 15 is 0 Å². The standard InChI is InChI=1S/C18H21FN6O.HI/c1-20-18(21-10-4-12-26-15-8-6-14(19)7-9-15)22-13-17-24-23-16-5-2-3-11-25(16)17;/h2-3,5-9,11H,4,10,12-13H2,1H3,(H2,20,21,22);1H. The minimum atomic E-state index is -0.269. The van der Waals surface area contributed by atoms with E-state index in [2.05, 4.69) is 25.8 Å². The Hall–Kier alpha value is -2.43. The number of nitrogens with zero attached hydrogens (tertiary/aromatic N) is 4. The molecular formula is C18H22FIN6O. The number of halogens is 2. The highest BCUT2D eigenvalue weighted by atomic mass is 127. The number of pyridine rings is 1. The number of guanidine groups is 1. The van der Waals surface area contributed by atoms with Gasteiger partial charge in [-0.25, -0.2) is 4.39 Å². The van der Waals surface area contributed by atoms with E-state index in [1.165, 1.54) is 12.1 Å². The second-order valence-corrected chi connectivity index (χ2v) is 5.55. The summed E-state index contributed by atoms with van der Waals surface area (Å²) in [6.07, 6.45) is 2.71. The molecule has 3 rings (SSSR count). The van der Waals surface area contributed by atoms with Crippen LogP contribution >= 0.6 is 24.0 Å². The van der Waals surface area contributed by atoms with Gasteiger partial charge in [0.05, 0.1) is 13.2 Å².